The molecule has 3 aromatic rings. The Morgan fingerprint density at radius 3 is 2.31 bits per heavy atom. The maximum Gasteiger partial charge on any atom is 0.408 e. The van der Waals surface area contributed by atoms with Crippen LogP contribution in [-0.4, -0.2) is 17.9 Å². The van der Waals surface area contributed by atoms with Crippen molar-refractivity contribution in [3.05, 3.63) is 113 Å². The van der Waals surface area contributed by atoms with Gasteiger partial charge in [-0.3, -0.25) is 4.79 Å². The summed E-state index contributed by atoms with van der Waals surface area (Å²) in [6, 6.07) is 26.4. The Kier molecular flexibility index (Phi) is 5.52. The summed E-state index contributed by atoms with van der Waals surface area (Å²) in [7, 11) is 0. The molecule has 0 radical (unpaired) electrons. The van der Waals surface area contributed by atoms with E-state index >= 15 is 0 Å². The van der Waals surface area contributed by atoms with Crippen LogP contribution in [-0.2, 0) is 22.6 Å². The Morgan fingerprint density at radius 1 is 0.897 bits per heavy atom. The first-order valence-electron chi connectivity index (χ1n) is 9.56. The summed E-state index contributed by atoms with van der Waals surface area (Å²) in [5.74, 6) is -0.0694. The van der Waals surface area contributed by atoms with Crippen LogP contribution in [0.2, 0.25) is 0 Å². The lowest BCUT2D eigenvalue weighted by molar-refractivity contribution is -0.119. The van der Waals surface area contributed by atoms with Crippen molar-refractivity contribution in [1.82, 2.24) is 5.32 Å². The van der Waals surface area contributed by atoms with E-state index in [1.807, 2.05) is 91.0 Å². The van der Waals surface area contributed by atoms with E-state index in [0.29, 0.717) is 0 Å². The molecule has 0 aliphatic heterocycles. The summed E-state index contributed by atoms with van der Waals surface area (Å²) in [6.45, 7) is 0.156. The number of Topliss-reactive ketones (excluding diaryl/α,β-unsaturated/α-hetero) is 1. The van der Waals surface area contributed by atoms with Crippen LogP contribution in [0.3, 0.4) is 0 Å². The molecule has 1 amide bonds. The molecule has 0 bridgehead atoms. The third-order valence-electron chi connectivity index (χ3n) is 4.92. The molecule has 0 saturated heterocycles. The lowest BCUT2D eigenvalue weighted by atomic mass is 9.94. The van der Waals surface area contributed by atoms with E-state index in [1.54, 1.807) is 0 Å². The summed E-state index contributed by atoms with van der Waals surface area (Å²) in [4.78, 5) is 25.2. The Bertz CT molecular complexity index is 1040. The first kappa shape index (κ1) is 18.7. The molecule has 144 valence electrons. The number of hydrogen-bond acceptors (Lipinski definition) is 3. The van der Waals surface area contributed by atoms with Crippen LogP contribution >= 0.6 is 0 Å². The zero-order valence-electron chi connectivity index (χ0n) is 15.9. The molecule has 1 unspecified atom stereocenters. The number of alkyl carbamates (subject to hydrolysis) is 1. The lowest BCUT2D eigenvalue weighted by Crippen LogP contribution is -2.40. The molecule has 29 heavy (non-hydrogen) atoms. The van der Waals surface area contributed by atoms with Gasteiger partial charge < -0.3 is 10.1 Å². The topological polar surface area (TPSA) is 55.4 Å². The highest BCUT2D eigenvalue weighted by Crippen LogP contribution is 2.30. The zero-order chi connectivity index (χ0) is 20.1. The van der Waals surface area contributed by atoms with Crippen molar-refractivity contribution in [2.24, 2.45) is 0 Å². The highest BCUT2D eigenvalue weighted by Gasteiger charge is 2.26. The maximum absolute atomic E-state index is 12.8. The third kappa shape index (κ3) is 4.43. The number of ether oxygens (including phenoxy) is 1. The molecular weight excluding hydrogens is 362 g/mol. The molecule has 4 heteroatoms. The second-order valence-electron chi connectivity index (χ2n) is 6.93. The number of hydrogen-bond donors (Lipinski definition) is 1. The molecule has 0 fully saturated rings. The average Bonchev–Trinajstić information content (AvgIpc) is 2.90. The fraction of sp³-hybridized carbons (Fsp3) is 0.120. The molecule has 1 aliphatic rings. The van der Waals surface area contributed by atoms with Gasteiger partial charge in [0.05, 0.1) is 0 Å². The van der Waals surface area contributed by atoms with Crippen LogP contribution in [0.15, 0.2) is 91.0 Å². The van der Waals surface area contributed by atoms with E-state index in [-0.39, 0.29) is 18.8 Å². The molecule has 4 rings (SSSR count). The number of carbonyl (C=O) groups is 2. The number of carbonyl (C=O) groups excluding carboxylic acids is 2. The van der Waals surface area contributed by atoms with Crippen LogP contribution in [0, 0.1) is 0 Å². The lowest BCUT2D eigenvalue weighted by Gasteiger charge is -2.14. The number of ketones is 1. The largest absolute Gasteiger partial charge is 0.445 e. The zero-order valence-corrected chi connectivity index (χ0v) is 15.9. The minimum absolute atomic E-state index is 0.0694. The van der Waals surface area contributed by atoms with Gasteiger partial charge in [0.2, 0.25) is 0 Å². The van der Waals surface area contributed by atoms with Crippen molar-refractivity contribution in [2.45, 2.75) is 19.1 Å². The molecule has 1 atom stereocenters. The van der Waals surface area contributed by atoms with E-state index in [4.69, 9.17) is 4.74 Å². The summed E-state index contributed by atoms with van der Waals surface area (Å²) in [5.41, 5.74) is 4.78. The van der Waals surface area contributed by atoms with Crippen molar-refractivity contribution in [3.8, 4) is 0 Å². The van der Waals surface area contributed by atoms with Crippen molar-refractivity contribution in [1.29, 1.82) is 0 Å². The second kappa shape index (κ2) is 8.57. The molecular formula is C25H21NO3. The van der Waals surface area contributed by atoms with E-state index in [0.717, 1.165) is 27.8 Å². The number of benzene rings is 3. The van der Waals surface area contributed by atoms with E-state index < -0.39 is 12.1 Å². The van der Waals surface area contributed by atoms with Gasteiger partial charge in [0.25, 0.3) is 0 Å². The van der Waals surface area contributed by atoms with E-state index in [1.165, 1.54) is 0 Å². The van der Waals surface area contributed by atoms with Gasteiger partial charge in [0, 0.05) is 6.42 Å². The van der Waals surface area contributed by atoms with Crippen molar-refractivity contribution >= 4 is 17.4 Å². The van der Waals surface area contributed by atoms with Crippen molar-refractivity contribution < 1.29 is 14.3 Å². The monoisotopic (exact) mass is 383 g/mol. The summed E-state index contributed by atoms with van der Waals surface area (Å²) < 4.78 is 5.31. The van der Waals surface area contributed by atoms with Gasteiger partial charge in [-0.1, -0.05) is 84.9 Å². The minimum Gasteiger partial charge on any atom is -0.445 e. The van der Waals surface area contributed by atoms with Crippen LogP contribution in [0.25, 0.3) is 5.57 Å². The summed E-state index contributed by atoms with van der Waals surface area (Å²) in [6.07, 6.45) is 1.47. The van der Waals surface area contributed by atoms with E-state index in [2.05, 4.69) is 5.32 Å². The number of rotatable bonds is 4. The molecule has 1 N–H and O–H groups in total. The second-order valence-corrected chi connectivity index (χ2v) is 6.93. The Labute approximate surface area is 169 Å². The number of amides is 1. The molecule has 0 saturated carbocycles. The molecule has 4 nitrogen and oxygen atoms in total. The Balaban J connectivity index is 1.58. The fourth-order valence-corrected chi connectivity index (χ4v) is 3.47. The highest BCUT2D eigenvalue weighted by atomic mass is 16.5. The number of nitrogens with one attached hydrogen (secondary N) is 1. The van der Waals surface area contributed by atoms with Gasteiger partial charge in [-0.15, -0.1) is 0 Å². The maximum atomic E-state index is 12.8. The molecule has 0 aromatic heterocycles. The predicted octanol–water partition coefficient (Wildman–Crippen LogP) is 4.54. The normalized spacial score (nSPS) is 15.7. The molecule has 1 aliphatic carbocycles. The average molecular weight is 383 g/mol. The third-order valence-corrected chi connectivity index (χ3v) is 4.92. The van der Waals surface area contributed by atoms with Crippen LogP contribution in [0.4, 0.5) is 4.79 Å². The van der Waals surface area contributed by atoms with Crippen molar-refractivity contribution in [3.63, 3.8) is 0 Å². The van der Waals surface area contributed by atoms with Crippen LogP contribution in [0.1, 0.15) is 22.3 Å². The Hall–Kier alpha value is -3.66. The quantitative estimate of drug-likeness (QED) is 0.720. The van der Waals surface area contributed by atoms with Gasteiger partial charge in [0.15, 0.2) is 5.78 Å². The predicted molar refractivity (Wildman–Crippen MR) is 112 cm³/mol. The molecule has 0 heterocycles. The van der Waals surface area contributed by atoms with Gasteiger partial charge in [-0.05, 0) is 33.9 Å². The van der Waals surface area contributed by atoms with Gasteiger partial charge in [-0.2, -0.15) is 0 Å². The Morgan fingerprint density at radius 2 is 1.55 bits per heavy atom. The highest BCUT2D eigenvalue weighted by molar-refractivity contribution is 5.97. The molecule has 3 aromatic carbocycles. The SMILES string of the molecule is O=C(NC1C=C(c2ccccc2)c2ccccc2CC1=O)OCc1ccccc1. The summed E-state index contributed by atoms with van der Waals surface area (Å²) >= 11 is 0. The first-order chi connectivity index (χ1) is 14.2. The van der Waals surface area contributed by atoms with Crippen molar-refractivity contribution in [2.75, 3.05) is 0 Å². The van der Waals surface area contributed by atoms with Gasteiger partial charge >= 0.3 is 6.09 Å². The smallest absolute Gasteiger partial charge is 0.408 e. The minimum atomic E-state index is -0.749. The van der Waals surface area contributed by atoms with Gasteiger partial charge in [-0.25, -0.2) is 4.79 Å². The van der Waals surface area contributed by atoms with Gasteiger partial charge in [0.1, 0.15) is 12.6 Å². The van der Waals surface area contributed by atoms with Crippen LogP contribution in [0.5, 0.6) is 0 Å². The van der Waals surface area contributed by atoms with Crippen LogP contribution < -0.4 is 5.32 Å². The standard InChI is InChI=1S/C25H21NO3/c27-24-15-20-13-7-8-14-21(20)22(19-11-5-2-6-12-19)16-23(24)26-25(28)29-17-18-9-3-1-4-10-18/h1-14,16,23H,15,17H2,(H,26,28). The summed E-state index contributed by atoms with van der Waals surface area (Å²) in [5, 5.41) is 2.73. The van der Waals surface area contributed by atoms with E-state index in [9.17, 15) is 9.59 Å². The molecule has 0 spiro atoms. The number of fused-ring (bicyclic) bond motifs is 1. The fourth-order valence-electron chi connectivity index (χ4n) is 3.47. The first-order valence-corrected chi connectivity index (χ1v) is 9.56.